The summed E-state index contributed by atoms with van der Waals surface area (Å²) in [6.45, 7) is 0. The lowest BCUT2D eigenvalue weighted by Gasteiger charge is -2.08. The zero-order valence-electron chi connectivity index (χ0n) is 11.5. The monoisotopic (exact) mass is 282 g/mol. The number of rotatable bonds is 3. The van der Waals surface area contributed by atoms with E-state index in [1.165, 1.54) is 7.11 Å². The second-order valence-electron chi connectivity index (χ2n) is 4.73. The lowest BCUT2D eigenvalue weighted by Crippen LogP contribution is -2.11. The first-order chi connectivity index (χ1) is 10.2. The molecule has 0 saturated carbocycles. The molecular weight excluding hydrogens is 268 g/mol. The van der Waals surface area contributed by atoms with Crippen LogP contribution in [-0.2, 0) is 6.42 Å². The first kappa shape index (κ1) is 13.2. The van der Waals surface area contributed by atoms with Crippen LogP contribution in [0.5, 0.6) is 11.5 Å². The minimum absolute atomic E-state index is 0.0977. The lowest BCUT2D eigenvalue weighted by molar-refractivity contribution is 0.373. The number of hydrogen-bond donors (Lipinski definition) is 2. The van der Waals surface area contributed by atoms with Crippen LogP contribution in [0.4, 0.5) is 0 Å². The molecule has 0 radical (unpaired) electrons. The van der Waals surface area contributed by atoms with Gasteiger partial charge in [0.15, 0.2) is 11.5 Å². The molecule has 0 aliphatic carbocycles. The van der Waals surface area contributed by atoms with Crippen LogP contribution < -0.4 is 10.3 Å². The number of benzene rings is 2. The molecule has 3 rings (SSSR count). The van der Waals surface area contributed by atoms with Crippen LogP contribution in [0, 0.1) is 0 Å². The van der Waals surface area contributed by atoms with E-state index in [1.807, 2.05) is 18.2 Å². The van der Waals surface area contributed by atoms with Gasteiger partial charge >= 0.3 is 0 Å². The van der Waals surface area contributed by atoms with Crippen molar-refractivity contribution in [3.8, 4) is 11.5 Å². The highest BCUT2D eigenvalue weighted by atomic mass is 16.5. The van der Waals surface area contributed by atoms with Crippen molar-refractivity contribution >= 4 is 10.8 Å². The Hall–Kier alpha value is -2.82. The molecule has 5 nitrogen and oxygen atoms in total. The van der Waals surface area contributed by atoms with E-state index in [4.69, 9.17) is 4.74 Å². The fraction of sp³-hybridized carbons (Fsp3) is 0.125. The third kappa shape index (κ3) is 2.45. The van der Waals surface area contributed by atoms with E-state index in [-0.39, 0.29) is 11.3 Å². The number of nitrogens with one attached hydrogen (secondary N) is 1. The number of fused-ring (bicyclic) bond motifs is 1. The summed E-state index contributed by atoms with van der Waals surface area (Å²) in [5.74, 6) is 0.516. The van der Waals surface area contributed by atoms with E-state index < -0.39 is 0 Å². The molecule has 1 heterocycles. The Labute approximate surface area is 120 Å². The molecule has 2 N–H and O–H groups in total. The van der Waals surface area contributed by atoms with Crippen molar-refractivity contribution in [3.63, 3.8) is 0 Å². The van der Waals surface area contributed by atoms with Crippen molar-refractivity contribution in [1.29, 1.82) is 0 Å². The predicted octanol–water partition coefficient (Wildman–Crippen LogP) is 2.23. The van der Waals surface area contributed by atoms with Crippen LogP contribution in [0.25, 0.3) is 10.8 Å². The maximum Gasteiger partial charge on any atom is 0.272 e. The van der Waals surface area contributed by atoms with Crippen LogP contribution in [0.1, 0.15) is 11.3 Å². The fourth-order valence-corrected chi connectivity index (χ4v) is 2.33. The number of ether oxygens (including phenoxy) is 1. The second-order valence-corrected chi connectivity index (χ2v) is 4.73. The summed E-state index contributed by atoms with van der Waals surface area (Å²) in [6.07, 6.45) is 0.536. The van der Waals surface area contributed by atoms with Crippen LogP contribution in [0.2, 0.25) is 0 Å². The van der Waals surface area contributed by atoms with Crippen molar-refractivity contribution in [2.24, 2.45) is 0 Å². The molecule has 2 aromatic carbocycles. The smallest absolute Gasteiger partial charge is 0.272 e. The van der Waals surface area contributed by atoms with E-state index in [0.29, 0.717) is 17.6 Å². The number of phenols is 1. The molecule has 0 saturated heterocycles. The minimum Gasteiger partial charge on any atom is -0.504 e. The third-order valence-corrected chi connectivity index (χ3v) is 3.39. The molecule has 21 heavy (non-hydrogen) atoms. The summed E-state index contributed by atoms with van der Waals surface area (Å²) in [5, 5.41) is 17.7. The minimum atomic E-state index is -0.197. The summed E-state index contributed by atoms with van der Waals surface area (Å²) in [5.41, 5.74) is 1.52. The molecule has 5 heteroatoms. The van der Waals surface area contributed by atoms with Crippen molar-refractivity contribution < 1.29 is 9.84 Å². The molecule has 1 aromatic heterocycles. The molecule has 0 aliphatic heterocycles. The lowest BCUT2D eigenvalue weighted by atomic mass is 10.0. The topological polar surface area (TPSA) is 75.2 Å². The Morgan fingerprint density at radius 2 is 1.95 bits per heavy atom. The number of aromatic hydroxyl groups is 1. The Balaban J connectivity index is 2.06. The van der Waals surface area contributed by atoms with E-state index in [9.17, 15) is 9.90 Å². The summed E-state index contributed by atoms with van der Waals surface area (Å²) in [6, 6.07) is 12.5. The maximum absolute atomic E-state index is 11.8. The molecule has 0 bridgehead atoms. The van der Waals surface area contributed by atoms with Crippen molar-refractivity contribution in [2.75, 3.05) is 7.11 Å². The molecule has 3 aromatic rings. The highest BCUT2D eigenvalue weighted by Gasteiger charge is 2.09. The molecule has 0 spiro atoms. The first-order valence-corrected chi connectivity index (χ1v) is 6.51. The van der Waals surface area contributed by atoms with Gasteiger partial charge in [0.1, 0.15) is 0 Å². The van der Waals surface area contributed by atoms with Gasteiger partial charge in [0.05, 0.1) is 18.2 Å². The number of hydrogen-bond acceptors (Lipinski definition) is 4. The Bertz CT molecular complexity index is 856. The van der Waals surface area contributed by atoms with Gasteiger partial charge in [-0.25, -0.2) is 5.10 Å². The number of nitrogens with zero attached hydrogens (tertiary/aromatic N) is 1. The van der Waals surface area contributed by atoms with Crippen molar-refractivity contribution in [2.45, 2.75) is 6.42 Å². The van der Waals surface area contributed by atoms with E-state index in [2.05, 4.69) is 10.2 Å². The standard InChI is InChI=1S/C16H14N2O3/c1-21-15-9-10(6-7-14(15)19)8-13-11-4-2-3-5-12(11)16(20)18-17-13/h2-7,9,19H,8H2,1H3,(H,18,20). The third-order valence-electron chi connectivity index (χ3n) is 3.39. The summed E-state index contributed by atoms with van der Waals surface area (Å²) in [4.78, 5) is 11.8. The van der Waals surface area contributed by atoms with Gasteiger partial charge in [0.2, 0.25) is 0 Å². The van der Waals surface area contributed by atoms with Crippen molar-refractivity contribution in [3.05, 3.63) is 64.1 Å². The predicted molar refractivity (Wildman–Crippen MR) is 79.8 cm³/mol. The Kier molecular flexibility index (Phi) is 3.31. The number of phenolic OH excluding ortho intramolecular Hbond substituents is 1. The average Bonchev–Trinajstić information content (AvgIpc) is 2.52. The van der Waals surface area contributed by atoms with E-state index >= 15 is 0 Å². The molecule has 0 aliphatic rings. The van der Waals surface area contributed by atoms with E-state index in [0.717, 1.165) is 16.6 Å². The highest BCUT2D eigenvalue weighted by molar-refractivity contribution is 5.83. The first-order valence-electron chi connectivity index (χ1n) is 6.51. The van der Waals surface area contributed by atoms with Gasteiger partial charge in [0, 0.05) is 11.8 Å². The van der Waals surface area contributed by atoms with Gasteiger partial charge in [-0.3, -0.25) is 4.79 Å². The van der Waals surface area contributed by atoms with Gasteiger partial charge < -0.3 is 9.84 Å². The molecule has 106 valence electrons. The largest absolute Gasteiger partial charge is 0.504 e. The zero-order valence-corrected chi connectivity index (χ0v) is 11.5. The number of aromatic amines is 1. The summed E-state index contributed by atoms with van der Waals surface area (Å²) < 4.78 is 5.10. The molecule has 0 fully saturated rings. The van der Waals surface area contributed by atoms with Crippen LogP contribution in [0.3, 0.4) is 0 Å². The number of methoxy groups -OCH3 is 1. The molecular formula is C16H14N2O3. The van der Waals surface area contributed by atoms with Gasteiger partial charge in [-0.15, -0.1) is 0 Å². The fourth-order valence-electron chi connectivity index (χ4n) is 2.33. The quantitative estimate of drug-likeness (QED) is 0.772. The summed E-state index contributed by atoms with van der Waals surface area (Å²) in [7, 11) is 1.51. The Morgan fingerprint density at radius 3 is 2.71 bits per heavy atom. The van der Waals surface area contributed by atoms with Crippen molar-refractivity contribution in [1.82, 2.24) is 10.2 Å². The normalized spacial score (nSPS) is 10.7. The van der Waals surface area contributed by atoms with Crippen LogP contribution >= 0.6 is 0 Å². The summed E-state index contributed by atoms with van der Waals surface area (Å²) >= 11 is 0. The Morgan fingerprint density at radius 1 is 1.19 bits per heavy atom. The van der Waals surface area contributed by atoms with Crippen LogP contribution in [0.15, 0.2) is 47.3 Å². The molecule has 0 atom stereocenters. The van der Waals surface area contributed by atoms with Gasteiger partial charge in [0.25, 0.3) is 5.56 Å². The average molecular weight is 282 g/mol. The van der Waals surface area contributed by atoms with E-state index in [1.54, 1.807) is 24.3 Å². The van der Waals surface area contributed by atoms with Gasteiger partial charge in [-0.2, -0.15) is 5.10 Å². The van der Waals surface area contributed by atoms with Crippen LogP contribution in [-0.4, -0.2) is 22.4 Å². The second kappa shape index (κ2) is 5.28. The molecule has 0 amide bonds. The number of aromatic nitrogens is 2. The highest BCUT2D eigenvalue weighted by Crippen LogP contribution is 2.27. The van der Waals surface area contributed by atoms with Gasteiger partial charge in [-0.1, -0.05) is 24.3 Å². The zero-order chi connectivity index (χ0) is 14.8. The number of H-pyrrole nitrogens is 1. The molecule has 0 unspecified atom stereocenters. The SMILES string of the molecule is COc1cc(Cc2n[nH]c(=O)c3ccccc23)ccc1O. The van der Waals surface area contributed by atoms with Gasteiger partial charge in [-0.05, 0) is 23.8 Å². The maximum atomic E-state index is 11.8.